The van der Waals surface area contributed by atoms with Crippen molar-refractivity contribution in [1.29, 1.82) is 0 Å². The Morgan fingerprint density at radius 2 is 2.09 bits per heavy atom. The number of carbonyl (C=O) groups excluding carboxylic acids is 1. The highest BCUT2D eigenvalue weighted by atomic mass is 32.1. The molecule has 0 saturated carbocycles. The molecule has 118 valence electrons. The number of para-hydroxylation sites is 1. The smallest absolute Gasteiger partial charge is 0.276 e. The lowest BCUT2D eigenvalue weighted by Crippen LogP contribution is -2.13. The van der Waals surface area contributed by atoms with Crippen LogP contribution in [-0.4, -0.2) is 32.4 Å². The third-order valence-corrected chi connectivity index (χ3v) is 3.73. The molecular formula is C15H15N5O2S. The Labute approximate surface area is 136 Å². The average Bonchev–Trinajstić information content (AvgIpc) is 3.18. The van der Waals surface area contributed by atoms with Gasteiger partial charge in [0.1, 0.15) is 5.69 Å². The number of nitrogens with one attached hydrogen (secondary N) is 2. The number of rotatable bonds is 6. The molecule has 8 heteroatoms. The molecule has 3 N–H and O–H groups in total. The van der Waals surface area contributed by atoms with Crippen LogP contribution in [0.25, 0.3) is 0 Å². The predicted molar refractivity (Wildman–Crippen MR) is 89.1 cm³/mol. The fourth-order valence-electron chi connectivity index (χ4n) is 1.92. The molecule has 2 aromatic heterocycles. The summed E-state index contributed by atoms with van der Waals surface area (Å²) in [5.41, 5.74) is 1.24. The van der Waals surface area contributed by atoms with Gasteiger partial charge < -0.3 is 15.7 Å². The molecule has 2 heterocycles. The summed E-state index contributed by atoms with van der Waals surface area (Å²) in [6, 6.07) is 11.3. The van der Waals surface area contributed by atoms with Gasteiger partial charge in [0, 0.05) is 23.3 Å². The first-order valence-electron chi connectivity index (χ1n) is 6.98. The van der Waals surface area contributed by atoms with Crippen molar-refractivity contribution < 1.29 is 9.90 Å². The molecule has 0 fully saturated rings. The Morgan fingerprint density at radius 3 is 2.87 bits per heavy atom. The first kappa shape index (κ1) is 15.2. The van der Waals surface area contributed by atoms with Gasteiger partial charge in [-0.15, -0.1) is 11.3 Å². The van der Waals surface area contributed by atoms with Crippen LogP contribution in [0.5, 0.6) is 0 Å². The first-order chi connectivity index (χ1) is 11.2. The van der Waals surface area contributed by atoms with Gasteiger partial charge in [0.15, 0.2) is 10.9 Å². The van der Waals surface area contributed by atoms with E-state index < -0.39 is 0 Å². The van der Waals surface area contributed by atoms with E-state index in [1.54, 1.807) is 22.3 Å². The highest BCUT2D eigenvalue weighted by Crippen LogP contribution is 2.21. The molecule has 3 aromatic rings. The summed E-state index contributed by atoms with van der Waals surface area (Å²) in [5, 5.41) is 21.1. The summed E-state index contributed by atoms with van der Waals surface area (Å²) in [4.78, 5) is 16.4. The molecule has 7 nitrogen and oxygen atoms in total. The van der Waals surface area contributed by atoms with Gasteiger partial charge in [-0.05, 0) is 12.1 Å². The van der Waals surface area contributed by atoms with E-state index in [2.05, 4.69) is 20.7 Å². The van der Waals surface area contributed by atoms with Gasteiger partial charge in [0.05, 0.1) is 13.2 Å². The van der Waals surface area contributed by atoms with Gasteiger partial charge in [0.2, 0.25) is 0 Å². The van der Waals surface area contributed by atoms with Crippen molar-refractivity contribution >= 4 is 33.9 Å². The summed E-state index contributed by atoms with van der Waals surface area (Å²) >= 11 is 1.35. The first-order valence-corrected chi connectivity index (χ1v) is 7.86. The van der Waals surface area contributed by atoms with Crippen molar-refractivity contribution in [3.05, 3.63) is 53.7 Å². The largest absolute Gasteiger partial charge is 0.394 e. The topological polar surface area (TPSA) is 92.1 Å². The summed E-state index contributed by atoms with van der Waals surface area (Å²) in [7, 11) is 0. The zero-order valence-electron chi connectivity index (χ0n) is 12.1. The molecule has 0 unspecified atom stereocenters. The van der Waals surface area contributed by atoms with Gasteiger partial charge in [-0.1, -0.05) is 18.2 Å². The van der Waals surface area contributed by atoms with Crippen LogP contribution in [0.2, 0.25) is 0 Å². The van der Waals surface area contributed by atoms with E-state index in [1.165, 1.54) is 11.3 Å². The lowest BCUT2D eigenvalue weighted by Gasteiger charge is -2.01. The van der Waals surface area contributed by atoms with E-state index in [1.807, 2.05) is 30.3 Å². The summed E-state index contributed by atoms with van der Waals surface area (Å²) in [6.07, 6.45) is 1.69. The minimum Gasteiger partial charge on any atom is -0.394 e. The zero-order chi connectivity index (χ0) is 16.1. The molecule has 23 heavy (non-hydrogen) atoms. The number of amides is 1. The zero-order valence-corrected chi connectivity index (χ0v) is 13.0. The van der Waals surface area contributed by atoms with Crippen LogP contribution >= 0.6 is 11.3 Å². The number of aliphatic hydroxyl groups excluding tert-OH is 1. The van der Waals surface area contributed by atoms with Crippen LogP contribution in [0.4, 0.5) is 16.6 Å². The minimum atomic E-state index is -0.323. The van der Waals surface area contributed by atoms with Gasteiger partial charge in [-0.2, -0.15) is 5.10 Å². The molecule has 0 aliphatic carbocycles. The van der Waals surface area contributed by atoms with Crippen molar-refractivity contribution in [2.75, 3.05) is 17.2 Å². The second-order valence-corrected chi connectivity index (χ2v) is 5.53. The Hall–Kier alpha value is -2.71. The van der Waals surface area contributed by atoms with Crippen molar-refractivity contribution in [2.24, 2.45) is 0 Å². The minimum absolute atomic E-state index is 0.00430. The normalized spacial score (nSPS) is 10.5. The number of benzene rings is 1. The molecule has 1 aromatic carbocycles. The molecule has 0 spiro atoms. The van der Waals surface area contributed by atoms with Crippen molar-refractivity contribution in [3.63, 3.8) is 0 Å². The quantitative estimate of drug-likeness (QED) is 0.645. The second-order valence-electron chi connectivity index (χ2n) is 4.67. The summed E-state index contributed by atoms with van der Waals surface area (Å²) in [5.74, 6) is 0.102. The molecule has 0 aliphatic heterocycles. The number of carbonyl (C=O) groups is 1. The second kappa shape index (κ2) is 7.03. The monoisotopic (exact) mass is 329 g/mol. The standard InChI is InChI=1S/C15H15N5O2S/c21-9-8-20-7-6-13(19-20)18-14(22)12-10-23-15(17-12)16-11-4-2-1-3-5-11/h1-7,10,21H,8-9H2,(H,16,17)(H,18,19,22). The number of hydrogen-bond donors (Lipinski definition) is 3. The van der Waals surface area contributed by atoms with E-state index in [9.17, 15) is 4.79 Å². The van der Waals surface area contributed by atoms with Crippen molar-refractivity contribution in [3.8, 4) is 0 Å². The maximum atomic E-state index is 12.2. The molecule has 0 radical (unpaired) electrons. The Bertz CT molecular complexity index is 784. The van der Waals surface area contributed by atoms with Crippen LogP contribution in [0, 0.1) is 0 Å². The number of hydrogen-bond acceptors (Lipinski definition) is 6. The van der Waals surface area contributed by atoms with Crippen LogP contribution in [0.1, 0.15) is 10.5 Å². The maximum Gasteiger partial charge on any atom is 0.276 e. The van der Waals surface area contributed by atoms with Gasteiger partial charge in [-0.25, -0.2) is 4.98 Å². The number of nitrogens with zero attached hydrogens (tertiary/aromatic N) is 3. The van der Waals surface area contributed by atoms with Gasteiger partial charge in [0.25, 0.3) is 5.91 Å². The lowest BCUT2D eigenvalue weighted by molar-refractivity contribution is 0.102. The Kier molecular flexibility index (Phi) is 4.65. The third-order valence-electron chi connectivity index (χ3n) is 2.97. The summed E-state index contributed by atoms with van der Waals surface area (Å²) < 4.78 is 1.55. The van der Waals surface area contributed by atoms with Crippen LogP contribution < -0.4 is 10.6 Å². The van der Waals surface area contributed by atoms with Crippen LogP contribution in [-0.2, 0) is 6.54 Å². The van der Waals surface area contributed by atoms with Crippen LogP contribution in [0.3, 0.4) is 0 Å². The molecule has 0 bridgehead atoms. The van der Waals surface area contributed by atoms with E-state index in [0.29, 0.717) is 23.2 Å². The maximum absolute atomic E-state index is 12.2. The van der Waals surface area contributed by atoms with Crippen LogP contribution in [0.15, 0.2) is 48.0 Å². The van der Waals surface area contributed by atoms with Crippen molar-refractivity contribution in [2.45, 2.75) is 6.54 Å². The number of thiazole rings is 1. The molecule has 0 saturated heterocycles. The molecule has 3 rings (SSSR count). The third kappa shape index (κ3) is 3.93. The van der Waals surface area contributed by atoms with E-state index in [0.717, 1.165) is 5.69 Å². The van der Waals surface area contributed by atoms with Gasteiger partial charge in [-0.3, -0.25) is 9.48 Å². The number of aromatic nitrogens is 3. The summed E-state index contributed by atoms with van der Waals surface area (Å²) in [6.45, 7) is 0.382. The molecule has 0 aliphatic rings. The SMILES string of the molecule is O=C(Nc1ccn(CCO)n1)c1csc(Nc2ccccc2)n1. The molecule has 0 atom stereocenters. The average molecular weight is 329 g/mol. The fourth-order valence-corrected chi connectivity index (χ4v) is 2.63. The van der Waals surface area contributed by atoms with E-state index in [4.69, 9.17) is 5.11 Å². The Balaban J connectivity index is 1.63. The highest BCUT2D eigenvalue weighted by Gasteiger charge is 2.12. The van der Waals surface area contributed by atoms with Crippen molar-refractivity contribution in [1.82, 2.24) is 14.8 Å². The highest BCUT2D eigenvalue weighted by molar-refractivity contribution is 7.14. The van der Waals surface area contributed by atoms with E-state index >= 15 is 0 Å². The lowest BCUT2D eigenvalue weighted by atomic mass is 10.3. The number of anilines is 3. The molecule has 1 amide bonds. The predicted octanol–water partition coefficient (Wildman–Crippen LogP) is 2.33. The number of aliphatic hydroxyl groups is 1. The fraction of sp³-hybridized carbons (Fsp3) is 0.133. The Morgan fingerprint density at radius 1 is 1.26 bits per heavy atom. The van der Waals surface area contributed by atoms with Gasteiger partial charge >= 0.3 is 0 Å². The van der Waals surface area contributed by atoms with E-state index in [-0.39, 0.29) is 12.5 Å². The molecular weight excluding hydrogens is 314 g/mol.